The van der Waals surface area contributed by atoms with Gasteiger partial charge in [-0.2, -0.15) is 0 Å². The van der Waals surface area contributed by atoms with E-state index in [1.807, 2.05) is 26.0 Å². The van der Waals surface area contributed by atoms with Gasteiger partial charge >= 0.3 is 0 Å². The maximum absolute atomic E-state index is 12.6. The van der Waals surface area contributed by atoms with Crippen LogP contribution in [0.25, 0.3) is 0 Å². The van der Waals surface area contributed by atoms with Crippen molar-refractivity contribution in [3.05, 3.63) is 34.9 Å². The number of rotatable bonds is 3. The first-order valence-electron chi connectivity index (χ1n) is 7.53. The van der Waals surface area contributed by atoms with E-state index in [9.17, 15) is 4.79 Å². The molecular formula is C17H24N2OS. The van der Waals surface area contributed by atoms with Crippen LogP contribution in [0.2, 0.25) is 0 Å². The third-order valence-electron chi connectivity index (χ3n) is 4.44. The molecule has 1 aliphatic rings. The van der Waals surface area contributed by atoms with Gasteiger partial charge in [0.1, 0.15) is 0 Å². The summed E-state index contributed by atoms with van der Waals surface area (Å²) in [6.07, 6.45) is 3.76. The number of amides is 1. The van der Waals surface area contributed by atoms with Gasteiger partial charge < -0.3 is 11.1 Å². The number of hydrogen-bond acceptors (Lipinski definition) is 2. The van der Waals surface area contributed by atoms with Crippen molar-refractivity contribution in [1.29, 1.82) is 0 Å². The highest BCUT2D eigenvalue weighted by Crippen LogP contribution is 2.32. The average molecular weight is 304 g/mol. The quantitative estimate of drug-likeness (QED) is 0.843. The molecule has 0 saturated heterocycles. The zero-order valence-electron chi connectivity index (χ0n) is 13.0. The van der Waals surface area contributed by atoms with E-state index >= 15 is 0 Å². The Balaban J connectivity index is 2.21. The highest BCUT2D eigenvalue weighted by molar-refractivity contribution is 7.80. The Kier molecular flexibility index (Phi) is 4.67. The van der Waals surface area contributed by atoms with E-state index in [4.69, 9.17) is 18.0 Å². The molecule has 4 heteroatoms. The predicted molar refractivity (Wildman–Crippen MR) is 90.5 cm³/mol. The second kappa shape index (κ2) is 6.14. The Bertz CT molecular complexity index is 540. The molecule has 0 bridgehead atoms. The van der Waals surface area contributed by atoms with Crippen molar-refractivity contribution in [3.63, 3.8) is 0 Å². The zero-order chi connectivity index (χ0) is 15.6. The van der Waals surface area contributed by atoms with Crippen LogP contribution in [0.3, 0.4) is 0 Å². The molecule has 0 atom stereocenters. The molecular weight excluding hydrogens is 280 g/mol. The lowest BCUT2D eigenvalue weighted by molar-refractivity contribution is 0.0900. The first-order chi connectivity index (χ1) is 9.82. The SMILES string of the molecule is Cc1cc(C)cc(C(=O)NC2(C(N)=S)CCC(C)CC2)c1. The van der Waals surface area contributed by atoms with Crippen molar-refractivity contribution < 1.29 is 4.79 Å². The second-order valence-corrected chi connectivity index (χ2v) is 6.90. The molecule has 0 unspecified atom stereocenters. The summed E-state index contributed by atoms with van der Waals surface area (Å²) in [5, 5.41) is 3.12. The van der Waals surface area contributed by atoms with E-state index in [-0.39, 0.29) is 5.91 Å². The molecule has 0 heterocycles. The van der Waals surface area contributed by atoms with Crippen LogP contribution in [-0.2, 0) is 0 Å². The molecule has 0 radical (unpaired) electrons. The first kappa shape index (κ1) is 16.0. The Morgan fingerprint density at radius 3 is 2.24 bits per heavy atom. The molecule has 0 aromatic heterocycles. The van der Waals surface area contributed by atoms with Crippen LogP contribution < -0.4 is 11.1 Å². The van der Waals surface area contributed by atoms with Gasteiger partial charge in [0.2, 0.25) is 0 Å². The van der Waals surface area contributed by atoms with Crippen molar-refractivity contribution in [3.8, 4) is 0 Å². The van der Waals surface area contributed by atoms with Gasteiger partial charge in [-0.1, -0.05) is 36.3 Å². The molecule has 1 aromatic carbocycles. The molecule has 3 nitrogen and oxygen atoms in total. The minimum absolute atomic E-state index is 0.0795. The molecule has 1 aromatic rings. The lowest BCUT2D eigenvalue weighted by Crippen LogP contribution is -2.58. The molecule has 0 spiro atoms. The van der Waals surface area contributed by atoms with E-state index < -0.39 is 5.54 Å². The van der Waals surface area contributed by atoms with Crippen molar-refractivity contribution in [1.82, 2.24) is 5.32 Å². The molecule has 1 fully saturated rings. The number of hydrogen-bond donors (Lipinski definition) is 2. The normalized spacial score (nSPS) is 25.4. The van der Waals surface area contributed by atoms with Crippen LogP contribution in [0.15, 0.2) is 18.2 Å². The number of carbonyl (C=O) groups is 1. The van der Waals surface area contributed by atoms with E-state index in [0.717, 1.165) is 36.8 Å². The number of nitrogens with two attached hydrogens (primary N) is 1. The van der Waals surface area contributed by atoms with Gasteiger partial charge in [0.15, 0.2) is 0 Å². The molecule has 1 saturated carbocycles. The summed E-state index contributed by atoms with van der Waals surface area (Å²) in [5.41, 5.74) is 8.29. The van der Waals surface area contributed by atoms with Crippen LogP contribution >= 0.6 is 12.2 Å². The van der Waals surface area contributed by atoms with Gasteiger partial charge in [0.25, 0.3) is 5.91 Å². The summed E-state index contributed by atoms with van der Waals surface area (Å²) >= 11 is 5.25. The number of benzene rings is 1. The van der Waals surface area contributed by atoms with Gasteiger partial charge in [-0.05, 0) is 57.6 Å². The highest BCUT2D eigenvalue weighted by Gasteiger charge is 2.38. The summed E-state index contributed by atoms with van der Waals surface area (Å²) in [4.78, 5) is 13.0. The minimum Gasteiger partial charge on any atom is -0.391 e. The van der Waals surface area contributed by atoms with Gasteiger partial charge in [-0.3, -0.25) is 4.79 Å². The lowest BCUT2D eigenvalue weighted by atomic mass is 9.77. The highest BCUT2D eigenvalue weighted by atomic mass is 32.1. The van der Waals surface area contributed by atoms with Crippen LogP contribution in [0, 0.1) is 19.8 Å². The monoisotopic (exact) mass is 304 g/mol. The third kappa shape index (κ3) is 3.62. The van der Waals surface area contributed by atoms with Gasteiger partial charge in [-0.25, -0.2) is 0 Å². The minimum atomic E-state index is -0.517. The van der Waals surface area contributed by atoms with Gasteiger partial charge in [0.05, 0.1) is 10.5 Å². The number of carbonyl (C=O) groups excluding carboxylic acids is 1. The molecule has 114 valence electrons. The first-order valence-corrected chi connectivity index (χ1v) is 7.94. The van der Waals surface area contributed by atoms with Crippen LogP contribution in [0.4, 0.5) is 0 Å². The molecule has 21 heavy (non-hydrogen) atoms. The smallest absolute Gasteiger partial charge is 0.252 e. The fourth-order valence-electron chi connectivity index (χ4n) is 3.08. The molecule has 1 amide bonds. The predicted octanol–water partition coefficient (Wildman–Crippen LogP) is 3.27. The number of nitrogens with one attached hydrogen (secondary N) is 1. The summed E-state index contributed by atoms with van der Waals surface area (Å²) in [7, 11) is 0. The summed E-state index contributed by atoms with van der Waals surface area (Å²) < 4.78 is 0. The average Bonchev–Trinajstić information content (AvgIpc) is 2.40. The summed E-state index contributed by atoms with van der Waals surface area (Å²) in [5.74, 6) is 0.592. The van der Waals surface area contributed by atoms with Crippen molar-refractivity contribution >= 4 is 23.1 Å². The zero-order valence-corrected chi connectivity index (χ0v) is 13.8. The molecule has 0 aliphatic heterocycles. The van der Waals surface area contributed by atoms with E-state index in [2.05, 4.69) is 18.3 Å². The largest absolute Gasteiger partial charge is 0.391 e. The van der Waals surface area contributed by atoms with Gasteiger partial charge in [-0.15, -0.1) is 0 Å². The Morgan fingerprint density at radius 1 is 1.24 bits per heavy atom. The van der Waals surface area contributed by atoms with E-state index in [0.29, 0.717) is 16.5 Å². The van der Waals surface area contributed by atoms with Crippen molar-refractivity contribution in [2.24, 2.45) is 11.7 Å². The third-order valence-corrected chi connectivity index (χ3v) is 4.83. The van der Waals surface area contributed by atoms with Crippen molar-refractivity contribution in [2.75, 3.05) is 0 Å². The van der Waals surface area contributed by atoms with E-state index in [1.54, 1.807) is 0 Å². The molecule has 3 N–H and O–H groups in total. The number of thiocarbonyl (C=S) groups is 1. The fourth-order valence-corrected chi connectivity index (χ4v) is 3.34. The van der Waals surface area contributed by atoms with Gasteiger partial charge in [0, 0.05) is 5.56 Å². The standard InChI is InChI=1S/C17H24N2OS/c1-11-4-6-17(7-5-11,16(18)21)19-15(20)14-9-12(2)8-13(3)10-14/h8-11H,4-7H2,1-3H3,(H2,18,21)(H,19,20). The maximum atomic E-state index is 12.6. The second-order valence-electron chi connectivity index (χ2n) is 6.46. The topological polar surface area (TPSA) is 55.1 Å². The molecule has 1 aliphatic carbocycles. The number of aryl methyl sites for hydroxylation is 2. The Morgan fingerprint density at radius 2 is 1.76 bits per heavy atom. The Labute approximate surface area is 132 Å². The van der Waals surface area contributed by atoms with Crippen LogP contribution in [0.1, 0.15) is 54.1 Å². The van der Waals surface area contributed by atoms with Crippen LogP contribution in [0.5, 0.6) is 0 Å². The van der Waals surface area contributed by atoms with E-state index in [1.165, 1.54) is 0 Å². The van der Waals surface area contributed by atoms with Crippen molar-refractivity contribution in [2.45, 2.75) is 52.0 Å². The lowest BCUT2D eigenvalue weighted by Gasteiger charge is -2.39. The maximum Gasteiger partial charge on any atom is 0.252 e. The molecule has 2 rings (SSSR count). The fraction of sp³-hybridized carbons (Fsp3) is 0.529. The summed E-state index contributed by atoms with van der Waals surface area (Å²) in [6, 6.07) is 5.87. The van der Waals surface area contributed by atoms with Crippen LogP contribution in [-0.4, -0.2) is 16.4 Å². The summed E-state index contributed by atoms with van der Waals surface area (Å²) in [6.45, 7) is 6.22. The Hall–Kier alpha value is -1.42.